The van der Waals surface area contributed by atoms with E-state index >= 15 is 0 Å². The number of nitrogens with zero attached hydrogens (tertiary/aromatic N) is 1. The number of anilines is 1. The summed E-state index contributed by atoms with van der Waals surface area (Å²) in [5.41, 5.74) is 2.67. The average Bonchev–Trinajstić information content (AvgIpc) is 2.90. The zero-order valence-corrected chi connectivity index (χ0v) is 15.0. The molecule has 6 nitrogen and oxygen atoms in total. The third kappa shape index (κ3) is 2.60. The number of fused-ring (bicyclic) bond motifs is 1. The number of urea groups is 1. The van der Waals surface area contributed by atoms with Crippen LogP contribution in [-0.4, -0.2) is 29.4 Å². The number of likely N-dealkylation sites (tertiary alicyclic amines) is 1. The Hall–Kier alpha value is -2.63. The van der Waals surface area contributed by atoms with Crippen molar-refractivity contribution < 1.29 is 14.4 Å². The second-order valence-electron chi connectivity index (χ2n) is 7.50. The Morgan fingerprint density at radius 3 is 2.08 bits per heavy atom. The summed E-state index contributed by atoms with van der Waals surface area (Å²) in [6, 6.07) is 5.35. The number of allylic oxidation sites excluding steroid dienone is 2. The molecule has 3 aliphatic carbocycles. The number of hydrogen-bond acceptors (Lipinski definition) is 3. The molecule has 4 amide bonds. The van der Waals surface area contributed by atoms with E-state index in [4.69, 9.17) is 0 Å². The van der Waals surface area contributed by atoms with Crippen LogP contribution in [0.1, 0.15) is 24.0 Å². The van der Waals surface area contributed by atoms with Gasteiger partial charge in [0.05, 0.1) is 11.8 Å². The normalized spacial score (nSPS) is 29.1. The van der Waals surface area contributed by atoms with Gasteiger partial charge in [0, 0.05) is 5.69 Å². The van der Waals surface area contributed by atoms with Gasteiger partial charge in [-0.2, -0.15) is 0 Å². The van der Waals surface area contributed by atoms with E-state index in [0.717, 1.165) is 29.7 Å². The molecular weight excluding hydrogens is 330 g/mol. The lowest BCUT2D eigenvalue weighted by Crippen LogP contribution is -2.43. The molecule has 1 saturated carbocycles. The standard InChI is InChI=1S/C20H23N3O3/c1-11-4-3-5-12(2)17(11)22-20(26)21-10-23-18(24)15-13-6-7-14(9-8-13)16(15)19(23)25/h3-7,13-16H,8-10H2,1-2H3,(H2,21,22,26). The fourth-order valence-electron chi connectivity index (χ4n) is 4.61. The van der Waals surface area contributed by atoms with Crippen LogP contribution in [0.5, 0.6) is 0 Å². The van der Waals surface area contributed by atoms with Crippen LogP contribution in [0.4, 0.5) is 10.5 Å². The van der Waals surface area contributed by atoms with Crippen molar-refractivity contribution >= 4 is 23.5 Å². The van der Waals surface area contributed by atoms with Crippen LogP contribution in [0.25, 0.3) is 0 Å². The maximum Gasteiger partial charge on any atom is 0.320 e. The Kier molecular flexibility index (Phi) is 4.05. The third-order valence-electron chi connectivity index (χ3n) is 5.97. The maximum atomic E-state index is 12.7. The smallest absolute Gasteiger partial charge is 0.320 e. The molecule has 4 aliphatic rings. The molecule has 4 unspecified atom stereocenters. The fourth-order valence-corrected chi connectivity index (χ4v) is 4.61. The van der Waals surface area contributed by atoms with Crippen LogP contribution >= 0.6 is 0 Å². The van der Waals surface area contributed by atoms with Crippen molar-refractivity contribution in [1.82, 2.24) is 10.2 Å². The average molecular weight is 353 g/mol. The molecule has 2 N–H and O–H groups in total. The lowest BCUT2D eigenvalue weighted by molar-refractivity contribution is -0.140. The molecule has 1 saturated heterocycles. The second-order valence-corrected chi connectivity index (χ2v) is 7.50. The van der Waals surface area contributed by atoms with E-state index in [-0.39, 0.29) is 42.2 Å². The van der Waals surface area contributed by atoms with Gasteiger partial charge in [-0.15, -0.1) is 0 Å². The van der Waals surface area contributed by atoms with Crippen LogP contribution in [0, 0.1) is 37.5 Å². The van der Waals surface area contributed by atoms with E-state index in [0.29, 0.717) is 0 Å². The van der Waals surface area contributed by atoms with Gasteiger partial charge >= 0.3 is 6.03 Å². The number of carbonyl (C=O) groups is 3. The summed E-state index contributed by atoms with van der Waals surface area (Å²) < 4.78 is 0. The molecule has 1 aromatic rings. The van der Waals surface area contributed by atoms with Crippen molar-refractivity contribution in [3.8, 4) is 0 Å². The van der Waals surface area contributed by atoms with Crippen LogP contribution in [-0.2, 0) is 9.59 Å². The molecule has 4 atom stereocenters. The minimum absolute atomic E-state index is 0.0825. The number of hydrogen-bond donors (Lipinski definition) is 2. The van der Waals surface area contributed by atoms with Crippen molar-refractivity contribution in [1.29, 1.82) is 0 Å². The molecule has 0 spiro atoms. The minimum atomic E-state index is -0.418. The van der Waals surface area contributed by atoms with Gasteiger partial charge in [0.2, 0.25) is 11.8 Å². The first-order chi connectivity index (χ1) is 12.5. The monoisotopic (exact) mass is 353 g/mol. The number of rotatable bonds is 3. The largest absolute Gasteiger partial charge is 0.320 e. The van der Waals surface area contributed by atoms with Crippen LogP contribution in [0.3, 0.4) is 0 Å². The fraction of sp³-hybridized carbons (Fsp3) is 0.450. The first kappa shape index (κ1) is 16.8. The molecule has 1 aromatic carbocycles. The first-order valence-corrected chi connectivity index (χ1v) is 9.12. The Morgan fingerprint density at radius 1 is 1.04 bits per heavy atom. The van der Waals surface area contributed by atoms with E-state index in [2.05, 4.69) is 22.8 Å². The molecular formula is C20H23N3O3. The Bertz CT molecular complexity index is 764. The van der Waals surface area contributed by atoms with E-state index in [9.17, 15) is 14.4 Å². The van der Waals surface area contributed by atoms with E-state index in [1.54, 1.807) is 0 Å². The molecule has 5 rings (SSSR count). The predicted molar refractivity (Wildman–Crippen MR) is 97.1 cm³/mol. The van der Waals surface area contributed by atoms with Gasteiger partial charge < -0.3 is 10.6 Å². The summed E-state index contributed by atoms with van der Waals surface area (Å²) in [6.45, 7) is 3.76. The molecule has 0 radical (unpaired) electrons. The third-order valence-corrected chi connectivity index (χ3v) is 5.97. The van der Waals surface area contributed by atoms with Crippen molar-refractivity contribution in [2.45, 2.75) is 26.7 Å². The number of amides is 4. The van der Waals surface area contributed by atoms with Gasteiger partial charge in [0.15, 0.2) is 0 Å². The van der Waals surface area contributed by atoms with Gasteiger partial charge in [0.25, 0.3) is 0 Å². The number of para-hydroxylation sites is 1. The number of carbonyl (C=O) groups excluding carboxylic acids is 3. The zero-order chi connectivity index (χ0) is 18.4. The van der Waals surface area contributed by atoms with E-state index < -0.39 is 6.03 Å². The zero-order valence-electron chi connectivity index (χ0n) is 15.0. The summed E-state index contributed by atoms with van der Waals surface area (Å²) in [7, 11) is 0. The molecule has 136 valence electrons. The lowest BCUT2D eigenvalue weighted by Gasteiger charge is -2.38. The van der Waals surface area contributed by atoms with E-state index in [1.165, 1.54) is 4.90 Å². The van der Waals surface area contributed by atoms with Crippen molar-refractivity contribution in [2.75, 3.05) is 12.0 Å². The van der Waals surface area contributed by atoms with Gasteiger partial charge in [-0.3, -0.25) is 14.5 Å². The molecule has 26 heavy (non-hydrogen) atoms. The van der Waals surface area contributed by atoms with Gasteiger partial charge in [-0.25, -0.2) is 4.79 Å². The van der Waals surface area contributed by atoms with Crippen molar-refractivity contribution in [3.63, 3.8) is 0 Å². The van der Waals surface area contributed by atoms with Crippen LogP contribution in [0.15, 0.2) is 30.4 Å². The molecule has 1 aliphatic heterocycles. The highest BCUT2D eigenvalue weighted by Gasteiger charge is 2.56. The topological polar surface area (TPSA) is 78.5 Å². The molecule has 1 heterocycles. The minimum Gasteiger partial charge on any atom is -0.320 e. The predicted octanol–water partition coefficient (Wildman–Crippen LogP) is 2.58. The molecule has 6 heteroatoms. The quantitative estimate of drug-likeness (QED) is 0.648. The second kappa shape index (κ2) is 6.27. The SMILES string of the molecule is Cc1cccc(C)c1NC(=O)NCN1C(=O)C2C3C=CC(CC3)C2C1=O. The number of aryl methyl sites for hydroxylation is 2. The van der Waals surface area contributed by atoms with Crippen LogP contribution < -0.4 is 10.6 Å². The highest BCUT2D eigenvalue weighted by atomic mass is 16.2. The van der Waals surface area contributed by atoms with E-state index in [1.807, 2.05) is 32.0 Å². The van der Waals surface area contributed by atoms with Crippen LogP contribution in [0.2, 0.25) is 0 Å². The Labute approximate surface area is 152 Å². The first-order valence-electron chi connectivity index (χ1n) is 9.12. The van der Waals surface area contributed by atoms with Gasteiger partial charge in [0.1, 0.15) is 6.67 Å². The highest BCUT2D eigenvalue weighted by molar-refractivity contribution is 6.06. The van der Waals surface area contributed by atoms with Crippen molar-refractivity contribution in [2.24, 2.45) is 23.7 Å². The molecule has 2 bridgehead atoms. The lowest BCUT2D eigenvalue weighted by atomic mass is 9.63. The number of benzene rings is 1. The maximum absolute atomic E-state index is 12.7. The molecule has 2 fully saturated rings. The number of nitrogens with one attached hydrogen (secondary N) is 2. The highest BCUT2D eigenvalue weighted by Crippen LogP contribution is 2.49. The van der Waals surface area contributed by atoms with Gasteiger partial charge in [-0.1, -0.05) is 30.4 Å². The summed E-state index contributed by atoms with van der Waals surface area (Å²) in [5.74, 6) is -0.452. The van der Waals surface area contributed by atoms with Gasteiger partial charge in [-0.05, 0) is 49.7 Å². The summed E-state index contributed by atoms with van der Waals surface area (Å²) in [5, 5.41) is 5.48. The summed E-state index contributed by atoms with van der Waals surface area (Å²) >= 11 is 0. The number of imide groups is 1. The molecule has 0 aromatic heterocycles. The summed E-state index contributed by atoms with van der Waals surface area (Å²) in [6.07, 6.45) is 6.11. The summed E-state index contributed by atoms with van der Waals surface area (Å²) in [4.78, 5) is 38.9. The Morgan fingerprint density at radius 2 is 1.58 bits per heavy atom. The Balaban J connectivity index is 1.42. The van der Waals surface area contributed by atoms with Crippen molar-refractivity contribution in [3.05, 3.63) is 41.5 Å².